The molecule has 4 rings (SSSR count). The first-order valence-corrected chi connectivity index (χ1v) is 10.7. The fourth-order valence-corrected chi connectivity index (χ4v) is 3.69. The van der Waals surface area contributed by atoms with E-state index in [9.17, 15) is 4.79 Å². The predicted octanol–water partition coefficient (Wildman–Crippen LogP) is 4.20. The Labute approximate surface area is 193 Å². The van der Waals surface area contributed by atoms with Gasteiger partial charge in [0.15, 0.2) is 11.5 Å². The third-order valence-electron chi connectivity index (χ3n) is 5.35. The molecule has 1 N–H and O–H groups in total. The van der Waals surface area contributed by atoms with Crippen LogP contribution in [0.2, 0.25) is 0 Å². The summed E-state index contributed by atoms with van der Waals surface area (Å²) in [6.07, 6.45) is 6.31. The number of hydrogen-bond acceptors (Lipinski definition) is 5. The SMILES string of the molecule is COc1cccc(CCC(=O)NCc2cn(-c3ccccc3)nc2-c2ccncc2)c1OC. The van der Waals surface area contributed by atoms with Crippen molar-refractivity contribution in [1.82, 2.24) is 20.1 Å². The number of nitrogens with one attached hydrogen (secondary N) is 1. The van der Waals surface area contributed by atoms with Crippen molar-refractivity contribution in [2.75, 3.05) is 14.2 Å². The van der Waals surface area contributed by atoms with Gasteiger partial charge in [-0.1, -0.05) is 30.3 Å². The maximum Gasteiger partial charge on any atom is 0.220 e. The van der Waals surface area contributed by atoms with Crippen LogP contribution in [0.3, 0.4) is 0 Å². The Kier molecular flexibility index (Phi) is 6.99. The molecule has 0 bridgehead atoms. The minimum atomic E-state index is -0.0481. The molecule has 7 heteroatoms. The van der Waals surface area contributed by atoms with E-state index < -0.39 is 0 Å². The molecule has 0 saturated heterocycles. The van der Waals surface area contributed by atoms with Crippen LogP contribution in [0, 0.1) is 0 Å². The van der Waals surface area contributed by atoms with Gasteiger partial charge < -0.3 is 14.8 Å². The van der Waals surface area contributed by atoms with Crippen molar-refractivity contribution in [2.45, 2.75) is 19.4 Å². The van der Waals surface area contributed by atoms with Gasteiger partial charge in [-0.3, -0.25) is 9.78 Å². The molecule has 2 aromatic carbocycles. The van der Waals surface area contributed by atoms with Crippen molar-refractivity contribution >= 4 is 5.91 Å². The van der Waals surface area contributed by atoms with Gasteiger partial charge in [0.1, 0.15) is 0 Å². The summed E-state index contributed by atoms with van der Waals surface area (Å²) in [6, 6.07) is 19.4. The average Bonchev–Trinajstić information content (AvgIpc) is 3.31. The van der Waals surface area contributed by atoms with E-state index in [1.807, 2.05) is 71.5 Å². The number of amides is 1. The van der Waals surface area contributed by atoms with Gasteiger partial charge in [-0.25, -0.2) is 4.68 Å². The largest absolute Gasteiger partial charge is 0.493 e. The highest BCUT2D eigenvalue weighted by Gasteiger charge is 2.15. The highest BCUT2D eigenvalue weighted by molar-refractivity contribution is 5.76. The molecule has 2 heterocycles. The first-order valence-electron chi connectivity index (χ1n) is 10.7. The first kappa shape index (κ1) is 22.1. The molecule has 33 heavy (non-hydrogen) atoms. The van der Waals surface area contributed by atoms with E-state index in [-0.39, 0.29) is 5.91 Å². The van der Waals surface area contributed by atoms with Crippen LogP contribution in [0.15, 0.2) is 79.3 Å². The van der Waals surface area contributed by atoms with E-state index in [0.717, 1.165) is 28.1 Å². The third kappa shape index (κ3) is 5.20. The van der Waals surface area contributed by atoms with E-state index >= 15 is 0 Å². The smallest absolute Gasteiger partial charge is 0.220 e. The second-order valence-electron chi connectivity index (χ2n) is 7.45. The summed E-state index contributed by atoms with van der Waals surface area (Å²) < 4.78 is 12.6. The van der Waals surface area contributed by atoms with Crippen LogP contribution in [0.4, 0.5) is 0 Å². The summed E-state index contributed by atoms with van der Waals surface area (Å²) in [5, 5.41) is 7.80. The lowest BCUT2D eigenvalue weighted by atomic mass is 10.1. The van der Waals surface area contributed by atoms with Crippen LogP contribution in [-0.2, 0) is 17.8 Å². The lowest BCUT2D eigenvalue weighted by Gasteiger charge is -2.12. The molecule has 0 aliphatic carbocycles. The van der Waals surface area contributed by atoms with Crippen LogP contribution >= 0.6 is 0 Å². The maximum absolute atomic E-state index is 12.6. The molecule has 0 atom stereocenters. The lowest BCUT2D eigenvalue weighted by Crippen LogP contribution is -2.23. The highest BCUT2D eigenvalue weighted by atomic mass is 16.5. The first-order chi connectivity index (χ1) is 16.2. The summed E-state index contributed by atoms with van der Waals surface area (Å²) in [5.41, 5.74) is 4.58. The Bertz CT molecular complexity index is 1210. The van der Waals surface area contributed by atoms with E-state index in [4.69, 9.17) is 14.6 Å². The zero-order chi connectivity index (χ0) is 23.0. The third-order valence-corrected chi connectivity index (χ3v) is 5.35. The average molecular weight is 443 g/mol. The van der Waals surface area contributed by atoms with Gasteiger partial charge in [-0.05, 0) is 42.3 Å². The molecule has 0 aliphatic rings. The molecule has 0 spiro atoms. The number of aromatic nitrogens is 3. The van der Waals surface area contributed by atoms with Crippen molar-refractivity contribution in [2.24, 2.45) is 0 Å². The molecule has 0 aliphatic heterocycles. The number of hydrogen-bond donors (Lipinski definition) is 1. The predicted molar refractivity (Wildman–Crippen MR) is 127 cm³/mol. The summed E-state index contributed by atoms with van der Waals surface area (Å²) >= 11 is 0. The molecule has 0 saturated carbocycles. The van der Waals surface area contributed by atoms with Gasteiger partial charge in [0.25, 0.3) is 0 Å². The maximum atomic E-state index is 12.6. The van der Waals surface area contributed by atoms with Crippen molar-refractivity contribution in [1.29, 1.82) is 0 Å². The number of pyridine rings is 1. The number of methoxy groups -OCH3 is 2. The molecule has 0 unspecified atom stereocenters. The minimum absolute atomic E-state index is 0.0481. The molecule has 0 fully saturated rings. The molecule has 2 aromatic heterocycles. The second kappa shape index (κ2) is 10.5. The Hall–Kier alpha value is -4.13. The van der Waals surface area contributed by atoms with Crippen molar-refractivity contribution in [3.05, 3.63) is 90.4 Å². The second-order valence-corrected chi connectivity index (χ2v) is 7.45. The van der Waals surface area contributed by atoms with Gasteiger partial charge >= 0.3 is 0 Å². The van der Waals surface area contributed by atoms with Crippen molar-refractivity contribution in [3.63, 3.8) is 0 Å². The van der Waals surface area contributed by atoms with Crippen LogP contribution in [0.5, 0.6) is 11.5 Å². The van der Waals surface area contributed by atoms with Crippen LogP contribution in [0.25, 0.3) is 16.9 Å². The fraction of sp³-hybridized carbons (Fsp3) is 0.192. The summed E-state index contributed by atoms with van der Waals surface area (Å²) in [4.78, 5) is 16.7. The summed E-state index contributed by atoms with van der Waals surface area (Å²) in [5.74, 6) is 1.27. The highest BCUT2D eigenvalue weighted by Crippen LogP contribution is 2.31. The Morgan fingerprint density at radius 2 is 1.73 bits per heavy atom. The van der Waals surface area contributed by atoms with Crippen LogP contribution in [-0.4, -0.2) is 34.9 Å². The van der Waals surface area contributed by atoms with Crippen molar-refractivity contribution in [3.8, 4) is 28.4 Å². The number of ether oxygens (including phenoxy) is 2. The van der Waals surface area contributed by atoms with Gasteiger partial charge in [-0.2, -0.15) is 5.10 Å². The molecule has 4 aromatic rings. The van der Waals surface area contributed by atoms with E-state index in [1.54, 1.807) is 26.6 Å². The lowest BCUT2D eigenvalue weighted by molar-refractivity contribution is -0.121. The molecular formula is C26H26N4O3. The van der Waals surface area contributed by atoms with Crippen LogP contribution in [0.1, 0.15) is 17.5 Å². The molecule has 0 radical (unpaired) electrons. The van der Waals surface area contributed by atoms with Gasteiger partial charge in [0.2, 0.25) is 5.91 Å². The number of benzene rings is 2. The minimum Gasteiger partial charge on any atom is -0.493 e. The standard InChI is InChI=1S/C26H26N4O3/c1-32-23-10-6-7-20(26(23)33-2)11-12-24(31)28-17-21-18-30(22-8-4-3-5-9-22)29-25(21)19-13-15-27-16-14-19/h3-10,13-16,18H,11-12,17H2,1-2H3,(H,28,31). The number of rotatable bonds is 9. The summed E-state index contributed by atoms with van der Waals surface area (Å²) in [6.45, 7) is 0.374. The van der Waals surface area contributed by atoms with Gasteiger partial charge in [0.05, 0.1) is 25.6 Å². The monoisotopic (exact) mass is 442 g/mol. The number of carbonyl (C=O) groups excluding carboxylic acids is 1. The molecule has 168 valence electrons. The van der Waals surface area contributed by atoms with E-state index in [0.29, 0.717) is 30.9 Å². The number of aryl methyl sites for hydroxylation is 1. The fourth-order valence-electron chi connectivity index (χ4n) is 3.69. The zero-order valence-corrected chi connectivity index (χ0v) is 18.7. The topological polar surface area (TPSA) is 78.3 Å². The Morgan fingerprint density at radius 3 is 2.45 bits per heavy atom. The Morgan fingerprint density at radius 1 is 0.939 bits per heavy atom. The normalized spacial score (nSPS) is 10.6. The van der Waals surface area contributed by atoms with Gasteiger partial charge in [-0.15, -0.1) is 0 Å². The molecule has 1 amide bonds. The number of nitrogens with zero attached hydrogens (tertiary/aromatic N) is 3. The summed E-state index contributed by atoms with van der Waals surface area (Å²) in [7, 11) is 3.21. The van der Waals surface area contributed by atoms with Crippen LogP contribution < -0.4 is 14.8 Å². The quantitative estimate of drug-likeness (QED) is 0.420. The number of para-hydroxylation sites is 2. The number of carbonyl (C=O) groups is 1. The van der Waals surface area contributed by atoms with Crippen molar-refractivity contribution < 1.29 is 14.3 Å². The molecule has 7 nitrogen and oxygen atoms in total. The zero-order valence-electron chi connectivity index (χ0n) is 18.7. The Balaban J connectivity index is 1.48. The van der Waals surface area contributed by atoms with E-state index in [1.165, 1.54) is 0 Å². The molecular weight excluding hydrogens is 416 g/mol. The van der Waals surface area contributed by atoms with E-state index in [2.05, 4.69) is 10.3 Å². The van der Waals surface area contributed by atoms with Gasteiger partial charge in [0, 0.05) is 42.7 Å².